The molecule has 2 aliphatic heterocycles. The molecule has 210 valence electrons. The van der Waals surface area contributed by atoms with Gasteiger partial charge in [-0.1, -0.05) is 12.1 Å². The highest BCUT2D eigenvalue weighted by atomic mass is 32.2. The highest BCUT2D eigenvalue weighted by molar-refractivity contribution is 7.92. The van der Waals surface area contributed by atoms with E-state index in [-0.39, 0.29) is 22.8 Å². The Balaban J connectivity index is 0.880. The maximum atomic E-state index is 13.1. The molecule has 0 radical (unpaired) electrons. The summed E-state index contributed by atoms with van der Waals surface area (Å²) in [4.78, 5) is 20.9. The fourth-order valence-electron chi connectivity index (χ4n) is 7.53. The molecule has 7 rings (SSSR count). The largest absolute Gasteiger partial charge is 0.501 e. The molecule has 3 heterocycles. The van der Waals surface area contributed by atoms with Crippen molar-refractivity contribution in [1.29, 1.82) is 0 Å². The van der Waals surface area contributed by atoms with Crippen molar-refractivity contribution in [2.24, 2.45) is 16.7 Å². The van der Waals surface area contributed by atoms with E-state index in [4.69, 9.17) is 4.98 Å². The van der Waals surface area contributed by atoms with Gasteiger partial charge in [0.05, 0.1) is 4.90 Å². The standard InChI is InChI=1S/C27H32F3N5O3S/c28-27(29,30)39(37,38)21-3-1-2-17(9-21)8-18-6-7-25(10-18)13-34(14-25)24(36)35-15-26(16-35)11-20(12-26)23-31-22(32-33-23)19-4-5-19/h1-3,9,18-20H,4-8,10-16H2,(H,31,32,33)/t18-/m0/s1. The number of likely N-dealkylation sites (tertiary alicyclic amines) is 2. The summed E-state index contributed by atoms with van der Waals surface area (Å²) in [7, 11) is -5.35. The summed E-state index contributed by atoms with van der Waals surface area (Å²) in [5.41, 5.74) is -4.41. The number of H-pyrrole nitrogens is 1. The summed E-state index contributed by atoms with van der Waals surface area (Å²) < 4.78 is 62.4. The first-order chi connectivity index (χ1) is 18.4. The topological polar surface area (TPSA) is 99.3 Å². The number of aromatic nitrogens is 3. The number of alkyl halides is 3. The summed E-state index contributed by atoms with van der Waals surface area (Å²) >= 11 is 0. The average molecular weight is 564 g/mol. The van der Waals surface area contributed by atoms with Gasteiger partial charge in [0.25, 0.3) is 9.84 Å². The Morgan fingerprint density at radius 3 is 2.36 bits per heavy atom. The minimum absolute atomic E-state index is 0.0744. The number of carbonyl (C=O) groups is 1. The molecule has 8 nitrogen and oxygen atoms in total. The van der Waals surface area contributed by atoms with E-state index in [1.807, 2.05) is 9.80 Å². The molecule has 39 heavy (non-hydrogen) atoms. The molecule has 12 heteroatoms. The first kappa shape index (κ1) is 25.3. The smallest absolute Gasteiger partial charge is 0.323 e. The minimum Gasteiger partial charge on any atom is -0.323 e. The molecular weight excluding hydrogens is 531 g/mol. The number of nitrogens with zero attached hydrogens (tertiary/aromatic N) is 4. The third kappa shape index (κ3) is 4.33. The zero-order valence-electron chi connectivity index (χ0n) is 21.6. The fourth-order valence-corrected chi connectivity index (χ4v) is 8.36. The number of amides is 2. The van der Waals surface area contributed by atoms with Crippen LogP contribution in [0.15, 0.2) is 29.2 Å². The second-order valence-electron chi connectivity index (χ2n) is 12.9. The van der Waals surface area contributed by atoms with E-state index in [2.05, 4.69) is 10.2 Å². The van der Waals surface area contributed by atoms with Crippen LogP contribution in [0, 0.1) is 16.7 Å². The first-order valence-electron chi connectivity index (χ1n) is 13.8. The Labute approximate surface area is 225 Å². The monoisotopic (exact) mass is 563 g/mol. The van der Waals surface area contributed by atoms with Crippen LogP contribution in [0.1, 0.15) is 74.0 Å². The van der Waals surface area contributed by atoms with Crippen LogP contribution in [0.5, 0.6) is 0 Å². The number of urea groups is 1. The lowest BCUT2D eigenvalue weighted by molar-refractivity contribution is -0.0706. The van der Waals surface area contributed by atoms with Gasteiger partial charge in [-0.15, -0.1) is 0 Å². The van der Waals surface area contributed by atoms with Crippen molar-refractivity contribution in [3.63, 3.8) is 0 Å². The lowest BCUT2D eigenvalue weighted by Crippen LogP contribution is -2.69. The predicted molar refractivity (Wildman–Crippen MR) is 134 cm³/mol. The molecule has 0 unspecified atom stereocenters. The van der Waals surface area contributed by atoms with Crippen molar-refractivity contribution in [2.75, 3.05) is 26.2 Å². The predicted octanol–water partition coefficient (Wildman–Crippen LogP) is 4.62. The van der Waals surface area contributed by atoms with Gasteiger partial charge in [-0.3, -0.25) is 5.10 Å². The van der Waals surface area contributed by atoms with Crippen LogP contribution in [0.4, 0.5) is 18.0 Å². The van der Waals surface area contributed by atoms with E-state index in [0.717, 1.165) is 82.1 Å². The van der Waals surface area contributed by atoms with Crippen LogP contribution in [0.25, 0.3) is 0 Å². The summed E-state index contributed by atoms with van der Waals surface area (Å²) in [5.74, 6) is 3.19. The molecule has 2 aromatic rings. The zero-order valence-corrected chi connectivity index (χ0v) is 22.4. The summed E-state index contributed by atoms with van der Waals surface area (Å²) in [6.07, 6.45) is 7.82. The van der Waals surface area contributed by atoms with E-state index < -0.39 is 20.2 Å². The van der Waals surface area contributed by atoms with Gasteiger partial charge in [-0.25, -0.2) is 18.2 Å². The van der Waals surface area contributed by atoms with Gasteiger partial charge in [-0.05, 0) is 75.0 Å². The van der Waals surface area contributed by atoms with Crippen LogP contribution < -0.4 is 0 Å². The van der Waals surface area contributed by atoms with Crippen LogP contribution in [-0.4, -0.2) is 71.1 Å². The van der Waals surface area contributed by atoms with Crippen molar-refractivity contribution in [2.45, 2.75) is 73.6 Å². The average Bonchev–Trinajstić information content (AvgIpc) is 3.39. The summed E-state index contributed by atoms with van der Waals surface area (Å²) in [5, 5.41) is 7.52. The number of sulfone groups is 1. The second-order valence-corrected chi connectivity index (χ2v) is 14.8. The minimum atomic E-state index is -5.35. The Hall–Kier alpha value is -2.63. The summed E-state index contributed by atoms with van der Waals surface area (Å²) in [6, 6.07) is 5.33. The SMILES string of the molecule is O=C(N1CC2(CC(c3n[nH]c(C4CC4)n3)C2)C1)N1CC2(CC[C@@H](Cc3cccc(S(=O)(=O)C(F)(F)F)c3)C2)C1. The molecule has 5 aliphatic rings. The van der Waals surface area contributed by atoms with Crippen LogP contribution in [0.3, 0.4) is 0 Å². The van der Waals surface area contributed by atoms with Crippen LogP contribution in [0.2, 0.25) is 0 Å². The van der Waals surface area contributed by atoms with Crippen LogP contribution in [-0.2, 0) is 16.3 Å². The number of hydrogen-bond acceptors (Lipinski definition) is 5. The zero-order chi connectivity index (χ0) is 27.2. The van der Waals surface area contributed by atoms with E-state index in [9.17, 15) is 26.4 Å². The van der Waals surface area contributed by atoms with Crippen molar-refractivity contribution >= 4 is 15.9 Å². The Morgan fingerprint density at radius 1 is 1.00 bits per heavy atom. The molecule has 3 aliphatic carbocycles. The van der Waals surface area contributed by atoms with E-state index in [0.29, 0.717) is 23.8 Å². The maximum Gasteiger partial charge on any atom is 0.501 e. The Bertz CT molecular complexity index is 1400. The van der Waals surface area contributed by atoms with Crippen LogP contribution >= 0.6 is 0 Å². The summed E-state index contributed by atoms with van der Waals surface area (Å²) in [6.45, 7) is 3.03. The quantitative estimate of drug-likeness (QED) is 0.573. The highest BCUT2D eigenvalue weighted by Crippen LogP contribution is 2.56. The molecule has 2 amide bonds. The molecule has 1 aromatic heterocycles. The van der Waals surface area contributed by atoms with Crippen molar-refractivity contribution in [3.8, 4) is 0 Å². The van der Waals surface area contributed by atoms with E-state index >= 15 is 0 Å². The fraction of sp³-hybridized carbons (Fsp3) is 0.667. The second kappa shape index (κ2) is 8.44. The molecule has 1 N–H and O–H groups in total. The van der Waals surface area contributed by atoms with Gasteiger partial charge in [0, 0.05) is 48.8 Å². The number of nitrogens with one attached hydrogen (secondary N) is 1. The molecule has 3 saturated carbocycles. The number of aromatic amines is 1. The lowest BCUT2D eigenvalue weighted by atomic mass is 9.57. The molecule has 2 saturated heterocycles. The Morgan fingerprint density at radius 2 is 1.69 bits per heavy atom. The first-order valence-corrected chi connectivity index (χ1v) is 15.3. The van der Waals surface area contributed by atoms with Gasteiger partial charge in [0.15, 0.2) is 5.82 Å². The number of hydrogen-bond donors (Lipinski definition) is 1. The lowest BCUT2D eigenvalue weighted by Gasteiger charge is -2.60. The number of rotatable bonds is 5. The normalized spacial score (nSPS) is 26.0. The molecule has 5 fully saturated rings. The maximum absolute atomic E-state index is 13.1. The van der Waals surface area contributed by atoms with Gasteiger partial charge in [0.2, 0.25) is 0 Å². The molecule has 2 spiro atoms. The number of carbonyl (C=O) groups excluding carboxylic acids is 1. The third-order valence-electron chi connectivity index (χ3n) is 9.70. The van der Waals surface area contributed by atoms with Gasteiger partial charge in [0.1, 0.15) is 5.82 Å². The Kier molecular flexibility index (Phi) is 5.48. The highest BCUT2D eigenvalue weighted by Gasteiger charge is 2.57. The van der Waals surface area contributed by atoms with Crippen molar-refractivity contribution in [1.82, 2.24) is 25.0 Å². The van der Waals surface area contributed by atoms with E-state index in [1.165, 1.54) is 18.9 Å². The van der Waals surface area contributed by atoms with Crippen molar-refractivity contribution in [3.05, 3.63) is 41.5 Å². The van der Waals surface area contributed by atoms with E-state index in [1.54, 1.807) is 6.07 Å². The van der Waals surface area contributed by atoms with Gasteiger partial charge < -0.3 is 9.80 Å². The number of benzene rings is 1. The molecule has 0 bridgehead atoms. The third-order valence-corrected chi connectivity index (χ3v) is 11.2. The van der Waals surface area contributed by atoms with Gasteiger partial charge in [-0.2, -0.15) is 18.3 Å². The van der Waals surface area contributed by atoms with Gasteiger partial charge >= 0.3 is 11.5 Å². The number of halogens is 3. The molecule has 1 atom stereocenters. The molecular formula is C27H32F3N5O3S. The molecule has 1 aromatic carbocycles. The van der Waals surface area contributed by atoms with Crippen molar-refractivity contribution < 1.29 is 26.4 Å².